The van der Waals surface area contributed by atoms with Gasteiger partial charge >= 0.3 is 0 Å². The molecule has 3 rings (SSSR count). The van der Waals surface area contributed by atoms with E-state index >= 15 is 0 Å². The zero-order valence-electron chi connectivity index (χ0n) is 9.78. The van der Waals surface area contributed by atoms with Crippen LogP contribution >= 0.6 is 11.6 Å². The fourth-order valence-corrected chi connectivity index (χ4v) is 2.20. The van der Waals surface area contributed by atoms with Gasteiger partial charge in [-0.2, -0.15) is 5.10 Å². The minimum atomic E-state index is -0.676. The van der Waals surface area contributed by atoms with Crippen molar-refractivity contribution < 1.29 is 8.78 Å². The molecule has 0 fully saturated rings. The molecule has 0 aliphatic heterocycles. The number of alkyl halides is 1. The molecule has 0 aliphatic rings. The third-order valence-corrected chi connectivity index (χ3v) is 3.23. The number of benzene rings is 2. The van der Waals surface area contributed by atoms with E-state index in [9.17, 15) is 8.78 Å². The van der Waals surface area contributed by atoms with Gasteiger partial charge in [-0.25, -0.2) is 13.5 Å². The lowest BCUT2D eigenvalue weighted by molar-refractivity contribution is 0.561. The minimum Gasteiger partial charge on any atom is -0.227 e. The van der Waals surface area contributed by atoms with Crippen molar-refractivity contribution >= 4 is 22.5 Å². The normalized spacial score (nSPS) is 11.1. The van der Waals surface area contributed by atoms with Gasteiger partial charge < -0.3 is 0 Å². The number of para-hydroxylation sites is 1. The van der Waals surface area contributed by atoms with E-state index < -0.39 is 11.6 Å². The van der Waals surface area contributed by atoms with Crippen LogP contribution in [0.1, 0.15) is 5.56 Å². The first-order chi connectivity index (χ1) is 9.20. The van der Waals surface area contributed by atoms with Crippen molar-refractivity contribution in [1.29, 1.82) is 0 Å². The summed E-state index contributed by atoms with van der Waals surface area (Å²) in [6.07, 6.45) is 1.57. The number of fused-ring (bicyclic) bond motifs is 1. The van der Waals surface area contributed by atoms with Crippen LogP contribution < -0.4 is 0 Å². The molecule has 0 saturated heterocycles. The van der Waals surface area contributed by atoms with E-state index in [2.05, 4.69) is 5.10 Å². The predicted octanol–water partition coefficient (Wildman–Crippen LogP) is 4.04. The average Bonchev–Trinajstić information content (AvgIpc) is 2.82. The molecule has 0 bridgehead atoms. The molecule has 1 heterocycles. The summed E-state index contributed by atoms with van der Waals surface area (Å²) in [4.78, 5) is 0. The van der Waals surface area contributed by atoms with Crippen molar-refractivity contribution in [2.45, 2.75) is 5.88 Å². The highest BCUT2D eigenvalue weighted by Crippen LogP contribution is 2.24. The van der Waals surface area contributed by atoms with E-state index in [1.165, 1.54) is 16.8 Å². The number of rotatable bonds is 2. The maximum absolute atomic E-state index is 14.0. The van der Waals surface area contributed by atoms with Crippen LogP contribution in [0.25, 0.3) is 16.6 Å². The zero-order chi connectivity index (χ0) is 13.4. The summed E-state index contributed by atoms with van der Waals surface area (Å²) < 4.78 is 29.3. The Morgan fingerprint density at radius 3 is 2.47 bits per heavy atom. The Hall–Kier alpha value is -1.94. The molecule has 0 atom stereocenters. The van der Waals surface area contributed by atoms with Crippen LogP contribution in [0.15, 0.2) is 42.6 Å². The first-order valence-corrected chi connectivity index (χ1v) is 6.21. The van der Waals surface area contributed by atoms with Gasteiger partial charge in [0.1, 0.15) is 5.69 Å². The largest absolute Gasteiger partial charge is 0.227 e. The van der Waals surface area contributed by atoms with Crippen molar-refractivity contribution in [2.75, 3.05) is 0 Å². The van der Waals surface area contributed by atoms with E-state index in [1.54, 1.807) is 18.3 Å². The Bertz CT molecular complexity index is 729. The average molecular weight is 279 g/mol. The molecule has 0 amide bonds. The van der Waals surface area contributed by atoms with E-state index in [4.69, 9.17) is 11.6 Å². The van der Waals surface area contributed by atoms with Gasteiger partial charge in [0.2, 0.25) is 0 Å². The van der Waals surface area contributed by atoms with Crippen molar-refractivity contribution in [3.63, 3.8) is 0 Å². The van der Waals surface area contributed by atoms with E-state index in [-0.39, 0.29) is 11.6 Å². The number of hydrogen-bond acceptors (Lipinski definition) is 1. The van der Waals surface area contributed by atoms with Crippen LogP contribution in [0.2, 0.25) is 0 Å². The second-order valence-electron chi connectivity index (χ2n) is 4.16. The van der Waals surface area contributed by atoms with Gasteiger partial charge in [0.05, 0.1) is 11.7 Å². The summed E-state index contributed by atoms with van der Waals surface area (Å²) in [5, 5.41) is 4.87. The highest BCUT2D eigenvalue weighted by Gasteiger charge is 2.15. The summed E-state index contributed by atoms with van der Waals surface area (Å²) in [5.41, 5.74) is 0.867. The van der Waals surface area contributed by atoms with Crippen LogP contribution in [0.3, 0.4) is 0 Å². The zero-order valence-corrected chi connectivity index (χ0v) is 10.5. The molecule has 0 aliphatic carbocycles. The van der Waals surface area contributed by atoms with Crippen LogP contribution in [-0.2, 0) is 5.88 Å². The molecule has 2 aromatic carbocycles. The van der Waals surface area contributed by atoms with Gasteiger partial charge in [-0.3, -0.25) is 0 Å². The quantitative estimate of drug-likeness (QED) is 0.647. The fourth-order valence-electron chi connectivity index (χ4n) is 2.05. The third kappa shape index (κ3) is 1.98. The maximum atomic E-state index is 14.0. The SMILES string of the molecule is Fc1cc(CCl)cc(F)c1-n1ncc2ccccc21. The molecule has 96 valence electrons. The van der Waals surface area contributed by atoms with E-state index in [0.29, 0.717) is 11.1 Å². The Kier molecular flexibility index (Phi) is 2.95. The lowest BCUT2D eigenvalue weighted by Crippen LogP contribution is -2.04. The van der Waals surface area contributed by atoms with Gasteiger partial charge in [0.25, 0.3) is 0 Å². The highest BCUT2D eigenvalue weighted by atomic mass is 35.5. The van der Waals surface area contributed by atoms with Crippen LogP contribution in [0.5, 0.6) is 0 Å². The minimum absolute atomic E-state index is 0.0635. The number of aromatic nitrogens is 2. The predicted molar refractivity (Wildman–Crippen MR) is 70.5 cm³/mol. The Labute approximate surface area is 113 Å². The van der Waals surface area contributed by atoms with Gasteiger partial charge in [-0.05, 0) is 23.8 Å². The fraction of sp³-hybridized carbons (Fsp3) is 0.0714. The Morgan fingerprint density at radius 1 is 1.11 bits per heavy atom. The summed E-state index contributed by atoms with van der Waals surface area (Å²) in [6, 6.07) is 9.68. The first-order valence-electron chi connectivity index (χ1n) is 5.67. The second kappa shape index (κ2) is 4.63. The summed E-state index contributed by atoms with van der Waals surface area (Å²) in [5.74, 6) is -1.29. The lowest BCUT2D eigenvalue weighted by Gasteiger charge is -2.08. The summed E-state index contributed by atoms with van der Waals surface area (Å²) in [7, 11) is 0. The van der Waals surface area contributed by atoms with E-state index in [0.717, 1.165) is 5.39 Å². The molecule has 0 saturated carbocycles. The van der Waals surface area contributed by atoms with Gasteiger partial charge in [-0.15, -0.1) is 11.6 Å². The van der Waals surface area contributed by atoms with Crippen molar-refractivity contribution in [1.82, 2.24) is 9.78 Å². The molecule has 0 unspecified atom stereocenters. The summed E-state index contributed by atoms with van der Waals surface area (Å²) >= 11 is 5.59. The standard InChI is InChI=1S/C14H9ClF2N2/c15-7-9-5-11(16)14(12(17)6-9)19-13-4-2-1-3-10(13)8-18-19/h1-6,8H,7H2. The van der Waals surface area contributed by atoms with E-state index in [1.807, 2.05) is 12.1 Å². The van der Waals surface area contributed by atoms with Crippen molar-refractivity contribution in [3.05, 3.63) is 59.8 Å². The number of hydrogen-bond donors (Lipinski definition) is 0. The molecule has 0 spiro atoms. The molecular formula is C14H9ClF2N2. The number of nitrogens with zero attached hydrogens (tertiary/aromatic N) is 2. The molecule has 5 heteroatoms. The topological polar surface area (TPSA) is 17.8 Å². The van der Waals surface area contributed by atoms with Gasteiger partial charge in [0.15, 0.2) is 11.6 Å². The highest BCUT2D eigenvalue weighted by molar-refractivity contribution is 6.17. The molecule has 0 N–H and O–H groups in total. The first kappa shape index (κ1) is 12.1. The van der Waals surface area contributed by atoms with Gasteiger partial charge in [-0.1, -0.05) is 18.2 Å². The molecule has 2 nitrogen and oxygen atoms in total. The summed E-state index contributed by atoms with van der Waals surface area (Å²) in [6.45, 7) is 0. The molecule has 3 aromatic rings. The van der Waals surface area contributed by atoms with Crippen molar-refractivity contribution in [2.24, 2.45) is 0 Å². The Morgan fingerprint density at radius 2 is 1.79 bits per heavy atom. The number of halogens is 3. The second-order valence-corrected chi connectivity index (χ2v) is 4.42. The molecular weight excluding hydrogens is 270 g/mol. The van der Waals surface area contributed by atoms with Crippen LogP contribution in [0.4, 0.5) is 8.78 Å². The smallest absolute Gasteiger partial charge is 0.152 e. The molecule has 19 heavy (non-hydrogen) atoms. The molecule has 1 aromatic heterocycles. The lowest BCUT2D eigenvalue weighted by atomic mass is 10.2. The monoisotopic (exact) mass is 278 g/mol. The Balaban J connectivity index is 2.27. The van der Waals surface area contributed by atoms with Crippen molar-refractivity contribution in [3.8, 4) is 5.69 Å². The van der Waals surface area contributed by atoms with Gasteiger partial charge in [0, 0.05) is 11.3 Å². The third-order valence-electron chi connectivity index (χ3n) is 2.92. The van der Waals surface area contributed by atoms with Crippen LogP contribution in [-0.4, -0.2) is 9.78 Å². The molecule has 0 radical (unpaired) electrons. The van der Waals surface area contributed by atoms with Crippen LogP contribution in [0, 0.1) is 11.6 Å². The maximum Gasteiger partial charge on any atom is 0.152 e.